The van der Waals surface area contributed by atoms with Crippen LogP contribution in [-0.4, -0.2) is 69.2 Å². The van der Waals surface area contributed by atoms with Crippen LogP contribution >= 0.6 is 11.3 Å². The van der Waals surface area contributed by atoms with E-state index >= 15 is 0 Å². The van der Waals surface area contributed by atoms with Gasteiger partial charge in [0, 0.05) is 18.3 Å². The number of hydrogen-bond acceptors (Lipinski definition) is 12. The van der Waals surface area contributed by atoms with Gasteiger partial charge in [0.25, 0.3) is 5.69 Å². The number of thiazole rings is 1. The van der Waals surface area contributed by atoms with Gasteiger partial charge in [-0.3, -0.25) is 15.0 Å². The summed E-state index contributed by atoms with van der Waals surface area (Å²) in [5.74, 6) is -0.0777. The molecule has 0 aliphatic carbocycles. The smallest absolute Gasteiger partial charge is 0.444 e. The summed E-state index contributed by atoms with van der Waals surface area (Å²) in [5.41, 5.74) is -1.05. The molecule has 2 aromatic carbocycles. The molecule has 264 valence electrons. The molecule has 1 aliphatic rings. The summed E-state index contributed by atoms with van der Waals surface area (Å²) in [5, 5.41) is 10.0. The zero-order chi connectivity index (χ0) is 36.3. The molecule has 1 saturated heterocycles. The Labute approximate surface area is 283 Å². The molecule has 2 heterocycles. The molecule has 3 aromatic rings. The number of nitro benzene ring substituents is 1. The van der Waals surface area contributed by atoms with Crippen molar-refractivity contribution >= 4 is 35.4 Å². The highest BCUT2D eigenvalue weighted by Gasteiger charge is 2.50. The van der Waals surface area contributed by atoms with Crippen molar-refractivity contribution < 1.29 is 56.2 Å². The summed E-state index contributed by atoms with van der Waals surface area (Å²) >= 11 is 0.490. The van der Waals surface area contributed by atoms with Gasteiger partial charge < -0.3 is 23.7 Å². The van der Waals surface area contributed by atoms with Gasteiger partial charge in [-0.25, -0.2) is 19.4 Å². The van der Waals surface area contributed by atoms with E-state index in [1.165, 1.54) is 17.0 Å². The molecular formula is C32H34F3N3O10S. The largest absolute Gasteiger partial charge is 0.514 e. The van der Waals surface area contributed by atoms with Gasteiger partial charge in [-0.05, 0) is 71.2 Å². The molecule has 49 heavy (non-hydrogen) atoms. The highest BCUT2D eigenvalue weighted by atomic mass is 32.1. The third kappa shape index (κ3) is 10.3. The van der Waals surface area contributed by atoms with Gasteiger partial charge in [-0.2, -0.15) is 13.2 Å². The Morgan fingerprint density at radius 3 is 2.06 bits per heavy atom. The zero-order valence-corrected chi connectivity index (χ0v) is 28.1. The van der Waals surface area contributed by atoms with Crippen LogP contribution in [0.5, 0.6) is 5.75 Å². The molecule has 0 N–H and O–H groups in total. The quantitative estimate of drug-likeness (QED) is 0.0775. The number of ether oxygens (including phenoxy) is 5. The maximum atomic E-state index is 13.5. The number of benzene rings is 2. The van der Waals surface area contributed by atoms with Gasteiger partial charge in [0.2, 0.25) is 0 Å². The Balaban J connectivity index is 1.64. The number of non-ortho nitro benzene ring substituents is 1. The average Bonchev–Trinajstić information content (AvgIpc) is 3.58. The van der Waals surface area contributed by atoms with E-state index < -0.39 is 64.0 Å². The van der Waals surface area contributed by atoms with Crippen LogP contribution in [0.3, 0.4) is 0 Å². The Hall–Kier alpha value is -4.93. The van der Waals surface area contributed by atoms with Crippen LogP contribution in [0, 0.1) is 10.1 Å². The summed E-state index contributed by atoms with van der Waals surface area (Å²) < 4.78 is 66.6. The van der Waals surface area contributed by atoms with E-state index in [0.29, 0.717) is 22.5 Å². The molecule has 0 radical (unpaired) electrons. The van der Waals surface area contributed by atoms with Gasteiger partial charge in [0.15, 0.2) is 17.2 Å². The maximum absolute atomic E-state index is 13.5. The van der Waals surface area contributed by atoms with Crippen molar-refractivity contribution in [3.05, 3.63) is 75.4 Å². The molecule has 17 heteroatoms. The van der Waals surface area contributed by atoms with Gasteiger partial charge in [0.05, 0.1) is 22.4 Å². The lowest BCUT2D eigenvalue weighted by Gasteiger charge is -2.30. The normalized spacial score (nSPS) is 18.1. The van der Waals surface area contributed by atoms with E-state index in [4.69, 9.17) is 23.7 Å². The van der Waals surface area contributed by atoms with Crippen molar-refractivity contribution in [1.82, 2.24) is 9.88 Å². The van der Waals surface area contributed by atoms with Gasteiger partial charge in [0.1, 0.15) is 17.0 Å². The fourth-order valence-electron chi connectivity index (χ4n) is 4.72. The molecule has 3 atom stereocenters. The second-order valence-electron chi connectivity index (χ2n) is 12.9. The first-order valence-corrected chi connectivity index (χ1v) is 15.6. The Bertz CT molecular complexity index is 1670. The molecule has 13 nitrogen and oxygen atoms in total. The fraction of sp³-hybridized carbons (Fsp3) is 0.438. The van der Waals surface area contributed by atoms with E-state index in [1.54, 1.807) is 65.8 Å². The molecular weight excluding hydrogens is 675 g/mol. The van der Waals surface area contributed by atoms with Crippen LogP contribution in [0.2, 0.25) is 0 Å². The lowest BCUT2D eigenvalue weighted by Crippen LogP contribution is -2.45. The van der Waals surface area contributed by atoms with Crippen LogP contribution < -0.4 is 4.74 Å². The summed E-state index contributed by atoms with van der Waals surface area (Å²) in [6, 6.07) is 10.1. The van der Waals surface area contributed by atoms with Crippen LogP contribution in [0.25, 0.3) is 10.4 Å². The van der Waals surface area contributed by atoms with Crippen molar-refractivity contribution in [3.63, 3.8) is 0 Å². The summed E-state index contributed by atoms with van der Waals surface area (Å²) in [4.78, 5) is 54.6. The molecule has 1 fully saturated rings. The van der Waals surface area contributed by atoms with Crippen molar-refractivity contribution in [2.75, 3.05) is 6.54 Å². The van der Waals surface area contributed by atoms with Crippen LogP contribution in [0.15, 0.2) is 54.7 Å². The number of likely N-dealkylation sites (tertiary alicyclic amines) is 1. The third-order valence-corrected chi connectivity index (χ3v) is 7.79. The van der Waals surface area contributed by atoms with E-state index in [9.17, 15) is 37.7 Å². The van der Waals surface area contributed by atoms with Gasteiger partial charge in [-0.15, -0.1) is 11.3 Å². The third-order valence-electron chi connectivity index (χ3n) is 6.70. The molecule has 0 spiro atoms. The van der Waals surface area contributed by atoms with E-state index in [1.807, 2.05) is 0 Å². The van der Waals surface area contributed by atoms with Crippen molar-refractivity contribution in [3.8, 4) is 16.2 Å². The first-order valence-electron chi connectivity index (χ1n) is 14.8. The van der Waals surface area contributed by atoms with Crippen LogP contribution in [-0.2, 0) is 31.5 Å². The number of rotatable bonds is 7. The summed E-state index contributed by atoms with van der Waals surface area (Å²) in [6.45, 7) is 9.55. The van der Waals surface area contributed by atoms with Crippen LogP contribution in [0.4, 0.5) is 33.2 Å². The number of carbonyl (C=O) groups is 3. The molecule has 0 bridgehead atoms. The van der Waals surface area contributed by atoms with Gasteiger partial charge >= 0.3 is 24.6 Å². The molecule has 1 aromatic heterocycles. The highest BCUT2D eigenvalue weighted by molar-refractivity contribution is 7.15. The predicted octanol–water partition coefficient (Wildman–Crippen LogP) is 7.80. The minimum Gasteiger partial charge on any atom is -0.444 e. The Morgan fingerprint density at radius 2 is 1.53 bits per heavy atom. The van der Waals surface area contributed by atoms with Crippen LogP contribution in [0.1, 0.15) is 52.1 Å². The minimum absolute atomic E-state index is 0.0136. The molecule has 0 saturated carbocycles. The number of nitro groups is 1. The molecule has 1 aliphatic heterocycles. The standard InChI is InChI=1S/C32H34F3N3O10S/c1-30(2,3)47-27(39)37-17-23(45-29(41)48-31(4,5)6)25(46-28(40)44-21-13-11-20(12-14-21)38(42)43)22(37)15-18-7-9-19(10-8-18)24-16-36-26(49-24)32(33,34)35/h7-14,16,22-23,25H,15,17H2,1-6H3/t22-,23+,25+/m1/s1. The predicted molar refractivity (Wildman–Crippen MR) is 168 cm³/mol. The second-order valence-corrected chi connectivity index (χ2v) is 14.0. The number of carbonyl (C=O) groups excluding carboxylic acids is 3. The highest BCUT2D eigenvalue weighted by Crippen LogP contribution is 2.37. The molecule has 0 unspecified atom stereocenters. The number of hydrogen-bond donors (Lipinski definition) is 0. The lowest BCUT2D eigenvalue weighted by molar-refractivity contribution is -0.384. The topological polar surface area (TPSA) is 157 Å². The average molecular weight is 710 g/mol. The van der Waals surface area contributed by atoms with Crippen molar-refractivity contribution in [1.29, 1.82) is 0 Å². The summed E-state index contributed by atoms with van der Waals surface area (Å²) in [7, 11) is 0. The number of amides is 1. The zero-order valence-electron chi connectivity index (χ0n) is 27.3. The van der Waals surface area contributed by atoms with Gasteiger partial charge in [-0.1, -0.05) is 24.3 Å². The lowest BCUT2D eigenvalue weighted by atomic mass is 9.99. The summed E-state index contributed by atoms with van der Waals surface area (Å²) in [6.07, 6.45) is -9.17. The van der Waals surface area contributed by atoms with E-state index in [0.717, 1.165) is 18.3 Å². The van der Waals surface area contributed by atoms with E-state index in [2.05, 4.69) is 4.98 Å². The SMILES string of the molecule is CC(C)(C)OC(=O)O[C@H]1CN(C(=O)OC(C)(C)C)[C@H](Cc2ccc(-c3cnc(C(F)(F)F)s3)cc2)[C@@H]1OC(=O)Oc1ccc([N+](=O)[O-])cc1. The maximum Gasteiger partial charge on any atom is 0.514 e. The Morgan fingerprint density at radius 1 is 0.918 bits per heavy atom. The monoisotopic (exact) mass is 709 g/mol. The Kier molecular flexibility index (Phi) is 10.8. The number of aromatic nitrogens is 1. The first-order chi connectivity index (χ1) is 22.7. The molecule has 4 rings (SSSR count). The van der Waals surface area contributed by atoms with Crippen molar-refractivity contribution in [2.24, 2.45) is 0 Å². The first kappa shape index (κ1) is 36.9. The number of halogens is 3. The van der Waals surface area contributed by atoms with E-state index in [-0.39, 0.29) is 29.3 Å². The second kappa shape index (κ2) is 14.3. The molecule has 1 amide bonds. The minimum atomic E-state index is -4.58. The number of nitrogens with zero attached hydrogens (tertiary/aromatic N) is 3. The number of alkyl halides is 3. The van der Waals surface area contributed by atoms with Crippen molar-refractivity contribution in [2.45, 2.75) is 83.6 Å². The fourth-order valence-corrected chi connectivity index (χ4v) is 5.51.